The quantitative estimate of drug-likeness (QED) is 0.856. The highest BCUT2D eigenvalue weighted by molar-refractivity contribution is 5.25. The Bertz CT molecular complexity index is 612. The monoisotopic (exact) mass is 284 g/mol. The largest absolute Gasteiger partial charge is 0.306 e. The van der Waals surface area contributed by atoms with Crippen molar-refractivity contribution in [3.8, 4) is 0 Å². The lowest BCUT2D eigenvalue weighted by molar-refractivity contribution is 0.248. The molecule has 1 unspecified atom stereocenters. The number of benzene rings is 1. The second kappa shape index (κ2) is 6.35. The maximum Gasteiger partial charge on any atom is 0.126 e. The summed E-state index contributed by atoms with van der Waals surface area (Å²) in [5.41, 5.74) is 2.81. The molecule has 0 amide bonds. The predicted octanol–water partition coefficient (Wildman–Crippen LogP) is 3.62. The second-order valence-corrected chi connectivity index (χ2v) is 5.92. The topological polar surface area (TPSA) is 16.1 Å². The summed E-state index contributed by atoms with van der Waals surface area (Å²) in [6, 6.07) is 13.1. The van der Waals surface area contributed by atoms with Crippen LogP contribution in [0.25, 0.3) is 0 Å². The highest BCUT2D eigenvalue weighted by atomic mass is 19.1. The molecule has 1 saturated heterocycles. The van der Waals surface area contributed by atoms with Crippen LogP contribution in [0.4, 0.5) is 4.39 Å². The molecule has 3 rings (SSSR count). The minimum atomic E-state index is -0.151. The summed E-state index contributed by atoms with van der Waals surface area (Å²) in [7, 11) is 2.16. The van der Waals surface area contributed by atoms with E-state index in [9.17, 15) is 4.39 Å². The highest BCUT2D eigenvalue weighted by Gasteiger charge is 2.20. The van der Waals surface area contributed by atoms with Gasteiger partial charge in [-0.25, -0.2) is 4.39 Å². The minimum absolute atomic E-state index is 0.151. The lowest BCUT2D eigenvalue weighted by atomic mass is 9.94. The molecule has 2 heterocycles. The number of halogens is 1. The molecular weight excluding hydrogens is 263 g/mol. The second-order valence-electron chi connectivity index (χ2n) is 5.92. The molecule has 1 aliphatic rings. The van der Waals surface area contributed by atoms with Crippen LogP contribution in [-0.2, 0) is 6.42 Å². The van der Waals surface area contributed by atoms with Crippen molar-refractivity contribution >= 4 is 0 Å². The van der Waals surface area contributed by atoms with E-state index in [-0.39, 0.29) is 5.82 Å². The van der Waals surface area contributed by atoms with Gasteiger partial charge in [0.15, 0.2) is 0 Å². The summed E-state index contributed by atoms with van der Waals surface area (Å²) >= 11 is 0. The number of aromatic nitrogens is 1. The van der Waals surface area contributed by atoms with E-state index in [4.69, 9.17) is 4.98 Å². The first-order chi connectivity index (χ1) is 10.2. The van der Waals surface area contributed by atoms with Crippen molar-refractivity contribution in [1.29, 1.82) is 0 Å². The molecule has 1 fully saturated rings. The lowest BCUT2D eigenvalue weighted by Crippen LogP contribution is -2.31. The third kappa shape index (κ3) is 3.48. The number of likely N-dealkylation sites (tertiary alicyclic amines) is 1. The van der Waals surface area contributed by atoms with E-state index in [1.807, 2.05) is 24.3 Å². The van der Waals surface area contributed by atoms with Gasteiger partial charge in [-0.3, -0.25) is 4.98 Å². The first-order valence-electron chi connectivity index (χ1n) is 7.60. The number of hydrogen-bond acceptors (Lipinski definition) is 2. The van der Waals surface area contributed by atoms with Gasteiger partial charge >= 0.3 is 0 Å². The van der Waals surface area contributed by atoms with E-state index in [0.29, 0.717) is 17.9 Å². The van der Waals surface area contributed by atoms with Crippen LogP contribution in [0.3, 0.4) is 0 Å². The van der Waals surface area contributed by atoms with Crippen LogP contribution < -0.4 is 0 Å². The zero-order valence-electron chi connectivity index (χ0n) is 12.4. The summed E-state index contributed by atoms with van der Waals surface area (Å²) in [5, 5.41) is 0. The molecule has 0 bridgehead atoms. The number of piperidine rings is 1. The summed E-state index contributed by atoms with van der Waals surface area (Å²) in [6.45, 7) is 2.24. The average molecular weight is 284 g/mol. The van der Waals surface area contributed by atoms with Crippen molar-refractivity contribution in [2.45, 2.75) is 25.2 Å². The SMILES string of the molecule is CN1CCCC(c2cccc(Cc3ccccc3F)n2)C1. The third-order valence-corrected chi connectivity index (χ3v) is 4.20. The van der Waals surface area contributed by atoms with Gasteiger partial charge in [0.25, 0.3) is 0 Å². The van der Waals surface area contributed by atoms with Gasteiger partial charge in [0, 0.05) is 30.3 Å². The molecule has 110 valence electrons. The summed E-state index contributed by atoms with van der Waals surface area (Å²) in [5.74, 6) is 0.353. The Morgan fingerprint density at radius 1 is 1.19 bits per heavy atom. The summed E-state index contributed by atoms with van der Waals surface area (Å²) in [6.07, 6.45) is 2.98. The molecule has 1 aromatic carbocycles. The van der Waals surface area contributed by atoms with Crippen molar-refractivity contribution in [1.82, 2.24) is 9.88 Å². The fraction of sp³-hybridized carbons (Fsp3) is 0.389. The van der Waals surface area contributed by atoms with E-state index >= 15 is 0 Å². The van der Waals surface area contributed by atoms with E-state index < -0.39 is 0 Å². The Morgan fingerprint density at radius 3 is 2.86 bits per heavy atom. The molecule has 0 spiro atoms. The van der Waals surface area contributed by atoms with Gasteiger partial charge in [-0.15, -0.1) is 0 Å². The van der Waals surface area contributed by atoms with Crippen LogP contribution in [-0.4, -0.2) is 30.0 Å². The Labute approximate surface area is 125 Å². The first-order valence-corrected chi connectivity index (χ1v) is 7.60. The fourth-order valence-corrected chi connectivity index (χ4v) is 3.07. The van der Waals surface area contributed by atoms with Crippen LogP contribution in [0.15, 0.2) is 42.5 Å². The van der Waals surface area contributed by atoms with Gasteiger partial charge in [0.1, 0.15) is 5.82 Å². The lowest BCUT2D eigenvalue weighted by Gasteiger charge is -2.29. The molecule has 1 atom stereocenters. The zero-order chi connectivity index (χ0) is 14.7. The average Bonchev–Trinajstić information content (AvgIpc) is 2.50. The molecule has 0 radical (unpaired) electrons. The highest BCUT2D eigenvalue weighted by Crippen LogP contribution is 2.25. The van der Waals surface area contributed by atoms with Gasteiger partial charge < -0.3 is 4.90 Å². The van der Waals surface area contributed by atoms with Gasteiger partial charge in [-0.2, -0.15) is 0 Å². The third-order valence-electron chi connectivity index (χ3n) is 4.20. The van der Waals surface area contributed by atoms with Gasteiger partial charge in [0.05, 0.1) is 0 Å². The Hall–Kier alpha value is -1.74. The van der Waals surface area contributed by atoms with Crippen LogP contribution >= 0.6 is 0 Å². The van der Waals surface area contributed by atoms with Gasteiger partial charge in [0.2, 0.25) is 0 Å². The zero-order valence-corrected chi connectivity index (χ0v) is 12.4. The number of rotatable bonds is 3. The summed E-state index contributed by atoms with van der Waals surface area (Å²) < 4.78 is 13.7. The number of nitrogens with zero attached hydrogens (tertiary/aromatic N) is 2. The molecular formula is C18H21FN2. The number of pyridine rings is 1. The molecule has 0 aliphatic carbocycles. The van der Waals surface area contributed by atoms with E-state index in [2.05, 4.69) is 18.0 Å². The molecule has 3 heteroatoms. The maximum absolute atomic E-state index is 13.7. The summed E-state index contributed by atoms with van der Waals surface area (Å²) in [4.78, 5) is 7.13. The van der Waals surface area contributed by atoms with Crippen molar-refractivity contribution in [3.63, 3.8) is 0 Å². The molecule has 0 N–H and O–H groups in total. The molecule has 2 nitrogen and oxygen atoms in total. The van der Waals surface area contributed by atoms with E-state index in [1.165, 1.54) is 25.5 Å². The van der Waals surface area contributed by atoms with Crippen molar-refractivity contribution in [2.24, 2.45) is 0 Å². The molecule has 1 aliphatic heterocycles. The van der Waals surface area contributed by atoms with E-state index in [1.54, 1.807) is 6.07 Å². The Morgan fingerprint density at radius 2 is 2.05 bits per heavy atom. The van der Waals surface area contributed by atoms with Crippen LogP contribution in [0.1, 0.15) is 35.7 Å². The van der Waals surface area contributed by atoms with Crippen LogP contribution in [0.5, 0.6) is 0 Å². The van der Waals surface area contributed by atoms with Gasteiger partial charge in [-0.1, -0.05) is 24.3 Å². The smallest absolute Gasteiger partial charge is 0.126 e. The number of likely N-dealkylation sites (N-methyl/N-ethyl adjacent to an activating group) is 1. The first kappa shape index (κ1) is 14.2. The minimum Gasteiger partial charge on any atom is -0.306 e. The normalized spacial score (nSPS) is 19.6. The molecule has 0 saturated carbocycles. The molecule has 1 aromatic heterocycles. The fourth-order valence-electron chi connectivity index (χ4n) is 3.07. The van der Waals surface area contributed by atoms with Crippen molar-refractivity contribution < 1.29 is 4.39 Å². The predicted molar refractivity (Wildman–Crippen MR) is 82.9 cm³/mol. The Kier molecular flexibility index (Phi) is 4.30. The molecule has 21 heavy (non-hydrogen) atoms. The van der Waals surface area contributed by atoms with Crippen LogP contribution in [0, 0.1) is 5.82 Å². The standard InChI is InChI=1S/C18H21FN2/c1-21-11-5-7-15(13-21)18-10-4-8-16(20-18)12-14-6-2-3-9-17(14)19/h2-4,6,8-10,15H,5,7,11-13H2,1H3. The van der Waals surface area contributed by atoms with Crippen molar-refractivity contribution in [3.05, 3.63) is 65.2 Å². The van der Waals surface area contributed by atoms with Gasteiger partial charge in [-0.05, 0) is 50.2 Å². The Balaban J connectivity index is 1.78. The molecule has 2 aromatic rings. The maximum atomic E-state index is 13.7. The van der Waals surface area contributed by atoms with Crippen LogP contribution in [0.2, 0.25) is 0 Å². The number of hydrogen-bond donors (Lipinski definition) is 0. The van der Waals surface area contributed by atoms with Crippen molar-refractivity contribution in [2.75, 3.05) is 20.1 Å². The van der Waals surface area contributed by atoms with E-state index in [0.717, 1.165) is 17.9 Å².